The Balaban J connectivity index is 1.46. The van der Waals surface area contributed by atoms with E-state index in [-0.39, 0.29) is 0 Å². The minimum atomic E-state index is 0.415. The Morgan fingerprint density at radius 3 is 2.75 bits per heavy atom. The predicted octanol–water partition coefficient (Wildman–Crippen LogP) is 4.11. The zero-order valence-electron chi connectivity index (χ0n) is 11.6. The minimum Gasteiger partial charge on any atom is -0.380 e. The summed E-state index contributed by atoms with van der Waals surface area (Å²) in [4.78, 5) is 2.86. The molecule has 0 aromatic carbocycles. The average Bonchev–Trinajstić information content (AvgIpc) is 2.95. The Kier molecular flexibility index (Phi) is 5.25. The number of hydrogen-bond acceptors (Lipinski definition) is 4. The highest BCUT2D eigenvalue weighted by atomic mass is 32.1. The van der Waals surface area contributed by atoms with Crippen LogP contribution in [0.5, 0.6) is 0 Å². The molecule has 0 radical (unpaired) electrons. The number of hydrogen-bond donors (Lipinski definition) is 1. The average molecular weight is 307 g/mol. The van der Waals surface area contributed by atoms with Gasteiger partial charge in [-0.2, -0.15) is 0 Å². The van der Waals surface area contributed by atoms with Gasteiger partial charge in [0.05, 0.1) is 6.61 Å². The van der Waals surface area contributed by atoms with E-state index >= 15 is 0 Å². The molecule has 3 rings (SSSR count). The normalized spacial score (nSPS) is 16.4. The van der Waals surface area contributed by atoms with E-state index in [4.69, 9.17) is 4.74 Å². The van der Waals surface area contributed by atoms with Crippen LogP contribution >= 0.6 is 22.7 Å². The molecule has 0 amide bonds. The molecule has 0 saturated heterocycles. The van der Waals surface area contributed by atoms with Crippen molar-refractivity contribution in [2.45, 2.75) is 25.3 Å². The van der Waals surface area contributed by atoms with Crippen LogP contribution in [-0.4, -0.2) is 19.8 Å². The lowest BCUT2D eigenvalue weighted by atomic mass is 10.1. The van der Waals surface area contributed by atoms with Gasteiger partial charge in [0.25, 0.3) is 0 Å². The van der Waals surface area contributed by atoms with E-state index in [1.807, 2.05) is 22.7 Å². The Labute approximate surface area is 128 Å². The second kappa shape index (κ2) is 7.36. The summed E-state index contributed by atoms with van der Waals surface area (Å²) >= 11 is 3.67. The van der Waals surface area contributed by atoms with E-state index in [2.05, 4.69) is 40.3 Å². The largest absolute Gasteiger partial charge is 0.380 e. The molecule has 2 aromatic rings. The maximum atomic E-state index is 5.70. The zero-order chi connectivity index (χ0) is 13.6. The fourth-order valence-corrected chi connectivity index (χ4v) is 3.79. The molecule has 0 bridgehead atoms. The van der Waals surface area contributed by atoms with Crippen molar-refractivity contribution in [3.05, 3.63) is 44.8 Å². The van der Waals surface area contributed by atoms with Crippen molar-refractivity contribution >= 4 is 22.7 Å². The highest BCUT2D eigenvalue weighted by Crippen LogP contribution is 2.28. The molecule has 20 heavy (non-hydrogen) atoms. The SMILES string of the molecule is c1csc(CC(NCCOCC2CC2)c2cccs2)c1. The van der Waals surface area contributed by atoms with Crippen molar-refractivity contribution in [1.82, 2.24) is 5.32 Å². The number of rotatable bonds is 9. The zero-order valence-corrected chi connectivity index (χ0v) is 13.2. The summed E-state index contributed by atoms with van der Waals surface area (Å²) in [5.41, 5.74) is 0. The quantitative estimate of drug-likeness (QED) is 0.704. The van der Waals surface area contributed by atoms with Gasteiger partial charge in [-0.1, -0.05) is 12.1 Å². The van der Waals surface area contributed by atoms with Gasteiger partial charge in [0, 0.05) is 35.4 Å². The number of thiophene rings is 2. The molecule has 1 atom stereocenters. The van der Waals surface area contributed by atoms with Crippen LogP contribution in [0, 0.1) is 5.92 Å². The van der Waals surface area contributed by atoms with Gasteiger partial charge in [-0.05, 0) is 41.7 Å². The van der Waals surface area contributed by atoms with E-state index in [0.29, 0.717) is 6.04 Å². The topological polar surface area (TPSA) is 21.3 Å². The first-order valence-corrected chi connectivity index (χ1v) is 9.04. The Morgan fingerprint density at radius 2 is 2.05 bits per heavy atom. The molecule has 1 fully saturated rings. The van der Waals surface area contributed by atoms with Crippen LogP contribution in [0.1, 0.15) is 28.6 Å². The molecular formula is C16H21NOS2. The Hall–Kier alpha value is -0.680. The van der Waals surface area contributed by atoms with Crippen LogP contribution in [0.2, 0.25) is 0 Å². The Morgan fingerprint density at radius 1 is 1.20 bits per heavy atom. The fraction of sp³-hybridized carbons (Fsp3) is 0.500. The smallest absolute Gasteiger partial charge is 0.0591 e. The van der Waals surface area contributed by atoms with E-state index in [9.17, 15) is 0 Å². The van der Waals surface area contributed by atoms with Gasteiger partial charge in [0.1, 0.15) is 0 Å². The first-order valence-electron chi connectivity index (χ1n) is 7.29. The molecule has 2 aromatic heterocycles. The molecule has 1 N–H and O–H groups in total. The molecule has 1 unspecified atom stereocenters. The summed E-state index contributed by atoms with van der Waals surface area (Å²) < 4.78 is 5.70. The van der Waals surface area contributed by atoms with Crippen LogP contribution in [0.4, 0.5) is 0 Å². The molecule has 1 saturated carbocycles. The van der Waals surface area contributed by atoms with E-state index in [1.165, 1.54) is 22.6 Å². The molecule has 1 aliphatic rings. The number of ether oxygens (including phenoxy) is 1. The van der Waals surface area contributed by atoms with Gasteiger partial charge in [-0.3, -0.25) is 0 Å². The highest BCUT2D eigenvalue weighted by molar-refractivity contribution is 7.10. The minimum absolute atomic E-state index is 0.415. The summed E-state index contributed by atoms with van der Waals surface area (Å²) in [5.74, 6) is 0.856. The Bertz CT molecular complexity index is 477. The summed E-state index contributed by atoms with van der Waals surface area (Å²) in [6, 6.07) is 9.12. The summed E-state index contributed by atoms with van der Waals surface area (Å²) in [5, 5.41) is 7.95. The van der Waals surface area contributed by atoms with E-state index < -0.39 is 0 Å². The maximum Gasteiger partial charge on any atom is 0.0591 e. The predicted molar refractivity (Wildman–Crippen MR) is 86.6 cm³/mol. The third-order valence-electron chi connectivity index (χ3n) is 3.56. The van der Waals surface area contributed by atoms with Crippen molar-refractivity contribution in [3.8, 4) is 0 Å². The van der Waals surface area contributed by atoms with Crippen molar-refractivity contribution in [3.63, 3.8) is 0 Å². The third-order valence-corrected chi connectivity index (χ3v) is 5.44. The molecule has 0 aliphatic heterocycles. The first-order chi connectivity index (χ1) is 9.92. The molecule has 4 heteroatoms. The van der Waals surface area contributed by atoms with Crippen molar-refractivity contribution in [1.29, 1.82) is 0 Å². The standard InChI is InChI=1S/C16H21NOS2/c1-3-14(19-9-1)11-15(16-4-2-10-20-16)17-7-8-18-12-13-5-6-13/h1-4,9-10,13,15,17H,5-8,11-12H2. The maximum absolute atomic E-state index is 5.70. The molecule has 0 spiro atoms. The van der Waals surface area contributed by atoms with Crippen LogP contribution in [-0.2, 0) is 11.2 Å². The van der Waals surface area contributed by atoms with Crippen molar-refractivity contribution in [2.24, 2.45) is 5.92 Å². The summed E-state index contributed by atoms with van der Waals surface area (Å²) in [6.07, 6.45) is 3.80. The van der Waals surface area contributed by atoms with E-state index in [0.717, 1.165) is 32.1 Å². The second-order valence-electron chi connectivity index (χ2n) is 5.32. The van der Waals surface area contributed by atoms with Gasteiger partial charge in [0.15, 0.2) is 0 Å². The van der Waals surface area contributed by atoms with Gasteiger partial charge in [-0.15, -0.1) is 22.7 Å². The molecule has 1 aliphatic carbocycles. The first kappa shape index (κ1) is 14.3. The van der Waals surface area contributed by atoms with Gasteiger partial charge in [0.2, 0.25) is 0 Å². The second-order valence-corrected chi connectivity index (χ2v) is 7.34. The van der Waals surface area contributed by atoms with Crippen LogP contribution in [0.3, 0.4) is 0 Å². The monoisotopic (exact) mass is 307 g/mol. The molecule has 2 heterocycles. The van der Waals surface area contributed by atoms with Crippen LogP contribution in [0.25, 0.3) is 0 Å². The summed E-state index contributed by atoms with van der Waals surface area (Å²) in [6.45, 7) is 2.71. The lowest BCUT2D eigenvalue weighted by molar-refractivity contribution is 0.124. The van der Waals surface area contributed by atoms with Gasteiger partial charge >= 0.3 is 0 Å². The fourth-order valence-electron chi connectivity index (χ4n) is 2.23. The highest BCUT2D eigenvalue weighted by Gasteiger charge is 2.21. The number of nitrogens with one attached hydrogen (secondary N) is 1. The lowest BCUT2D eigenvalue weighted by Crippen LogP contribution is -2.26. The molecule has 108 valence electrons. The van der Waals surface area contributed by atoms with Crippen molar-refractivity contribution < 1.29 is 4.74 Å². The summed E-state index contributed by atoms with van der Waals surface area (Å²) in [7, 11) is 0. The van der Waals surface area contributed by atoms with Gasteiger partial charge < -0.3 is 10.1 Å². The third kappa shape index (κ3) is 4.42. The van der Waals surface area contributed by atoms with Gasteiger partial charge in [-0.25, -0.2) is 0 Å². The molecular weight excluding hydrogens is 286 g/mol. The lowest BCUT2D eigenvalue weighted by Gasteiger charge is -2.17. The van der Waals surface area contributed by atoms with Crippen molar-refractivity contribution in [2.75, 3.05) is 19.8 Å². The van der Waals surface area contributed by atoms with E-state index in [1.54, 1.807) is 0 Å². The van der Waals surface area contributed by atoms with Crippen LogP contribution < -0.4 is 5.32 Å². The van der Waals surface area contributed by atoms with Crippen LogP contribution in [0.15, 0.2) is 35.0 Å². The molecule has 2 nitrogen and oxygen atoms in total.